The Kier molecular flexibility index (Phi) is 6.73. The number of benzene rings is 1. The molecule has 0 aliphatic heterocycles. The predicted molar refractivity (Wildman–Crippen MR) is 109 cm³/mol. The molecule has 0 saturated carbocycles. The Morgan fingerprint density at radius 2 is 2.11 bits per heavy atom. The minimum Gasteiger partial charge on any atom is -0.357 e. The first-order chi connectivity index (χ1) is 13.7. The summed E-state index contributed by atoms with van der Waals surface area (Å²) in [5, 5.41) is 6.57. The van der Waals surface area contributed by atoms with Gasteiger partial charge in [0.15, 0.2) is 5.96 Å². The van der Waals surface area contributed by atoms with E-state index in [1.165, 1.54) is 6.07 Å². The van der Waals surface area contributed by atoms with Gasteiger partial charge >= 0.3 is 0 Å². The van der Waals surface area contributed by atoms with E-state index in [0.717, 1.165) is 48.0 Å². The van der Waals surface area contributed by atoms with Crippen molar-refractivity contribution in [1.29, 1.82) is 0 Å². The van der Waals surface area contributed by atoms with Crippen molar-refractivity contribution in [3.63, 3.8) is 0 Å². The van der Waals surface area contributed by atoms with Crippen LogP contribution in [0.25, 0.3) is 5.82 Å². The van der Waals surface area contributed by atoms with Gasteiger partial charge in [-0.15, -0.1) is 0 Å². The summed E-state index contributed by atoms with van der Waals surface area (Å²) in [5.74, 6) is 1.38. The molecule has 0 unspecified atom stereocenters. The van der Waals surface area contributed by atoms with Crippen molar-refractivity contribution in [1.82, 2.24) is 25.2 Å². The summed E-state index contributed by atoms with van der Waals surface area (Å²) in [6.07, 6.45) is 7.93. The molecule has 2 N–H and O–H groups in total. The Morgan fingerprint density at radius 1 is 1.21 bits per heavy atom. The van der Waals surface area contributed by atoms with Crippen LogP contribution >= 0.6 is 0 Å². The predicted octanol–water partition coefficient (Wildman–Crippen LogP) is 3.01. The van der Waals surface area contributed by atoms with Crippen molar-refractivity contribution in [2.75, 3.05) is 13.1 Å². The number of aromatic nitrogens is 3. The second-order valence-electron chi connectivity index (χ2n) is 6.44. The summed E-state index contributed by atoms with van der Waals surface area (Å²) >= 11 is 0. The molecule has 146 valence electrons. The Labute approximate surface area is 164 Å². The van der Waals surface area contributed by atoms with Crippen molar-refractivity contribution in [3.8, 4) is 5.82 Å². The summed E-state index contributed by atoms with van der Waals surface area (Å²) in [5.41, 5.74) is 3.12. The molecule has 0 aliphatic carbocycles. The highest BCUT2D eigenvalue weighted by atomic mass is 19.1. The van der Waals surface area contributed by atoms with Gasteiger partial charge in [0.2, 0.25) is 0 Å². The average molecular weight is 380 g/mol. The van der Waals surface area contributed by atoms with E-state index in [1.807, 2.05) is 49.0 Å². The van der Waals surface area contributed by atoms with Gasteiger partial charge in [0.1, 0.15) is 18.0 Å². The quantitative estimate of drug-likeness (QED) is 0.488. The van der Waals surface area contributed by atoms with Gasteiger partial charge in [-0.25, -0.2) is 19.4 Å². The number of rotatable bonds is 7. The number of aliphatic imine (C=N–C) groups is 1. The number of pyridine rings is 1. The molecule has 0 fully saturated rings. The van der Waals surface area contributed by atoms with Crippen molar-refractivity contribution in [2.24, 2.45) is 4.99 Å². The lowest BCUT2D eigenvalue weighted by atomic mass is 10.1. The standard InChI is InChI=1S/C21H25FN6/c1-3-24-21(25-9-8-18-5-6-19(22)12-16(18)2)27-14-17-4-7-20(26-13-17)28-11-10-23-15-28/h4-7,10-13,15H,3,8-9,14H2,1-2H3,(H2,24,25,27). The molecule has 1 aromatic carbocycles. The first kappa shape index (κ1) is 19.5. The fraction of sp³-hybridized carbons (Fsp3) is 0.286. The van der Waals surface area contributed by atoms with Crippen molar-refractivity contribution >= 4 is 5.96 Å². The number of nitrogens with zero attached hydrogens (tertiary/aromatic N) is 4. The van der Waals surface area contributed by atoms with Crippen LogP contribution in [0.5, 0.6) is 0 Å². The third kappa shape index (κ3) is 5.39. The highest BCUT2D eigenvalue weighted by Crippen LogP contribution is 2.10. The van der Waals surface area contributed by atoms with Crippen LogP contribution in [0.1, 0.15) is 23.6 Å². The molecular formula is C21H25FN6. The minimum absolute atomic E-state index is 0.197. The second kappa shape index (κ2) is 9.64. The second-order valence-corrected chi connectivity index (χ2v) is 6.44. The summed E-state index contributed by atoms with van der Waals surface area (Å²) in [4.78, 5) is 13.1. The van der Waals surface area contributed by atoms with Crippen LogP contribution in [0.15, 0.2) is 60.2 Å². The van der Waals surface area contributed by atoms with E-state index in [4.69, 9.17) is 0 Å². The third-order valence-corrected chi connectivity index (χ3v) is 4.33. The third-order valence-electron chi connectivity index (χ3n) is 4.33. The van der Waals surface area contributed by atoms with Crippen molar-refractivity contribution in [3.05, 3.63) is 77.8 Å². The minimum atomic E-state index is -0.197. The van der Waals surface area contributed by atoms with E-state index in [2.05, 4.69) is 25.6 Å². The number of nitrogens with one attached hydrogen (secondary N) is 2. The molecule has 0 saturated heterocycles. The lowest BCUT2D eigenvalue weighted by molar-refractivity contribution is 0.625. The molecule has 3 aromatic rings. The highest BCUT2D eigenvalue weighted by Gasteiger charge is 2.03. The van der Waals surface area contributed by atoms with Gasteiger partial charge in [-0.1, -0.05) is 12.1 Å². The highest BCUT2D eigenvalue weighted by molar-refractivity contribution is 5.79. The fourth-order valence-electron chi connectivity index (χ4n) is 2.83. The Hall–Kier alpha value is -3.22. The maximum absolute atomic E-state index is 13.2. The molecule has 0 atom stereocenters. The first-order valence-corrected chi connectivity index (χ1v) is 9.36. The number of hydrogen-bond acceptors (Lipinski definition) is 3. The topological polar surface area (TPSA) is 67.1 Å². The van der Waals surface area contributed by atoms with Gasteiger partial charge < -0.3 is 10.6 Å². The van der Waals surface area contributed by atoms with Crippen LogP contribution in [0, 0.1) is 12.7 Å². The van der Waals surface area contributed by atoms with Crippen LogP contribution in [-0.4, -0.2) is 33.6 Å². The normalized spacial score (nSPS) is 11.5. The van der Waals surface area contributed by atoms with Crippen LogP contribution in [0.3, 0.4) is 0 Å². The summed E-state index contributed by atoms with van der Waals surface area (Å²) in [6, 6.07) is 8.86. The molecule has 6 nitrogen and oxygen atoms in total. The average Bonchev–Trinajstić information content (AvgIpc) is 3.23. The first-order valence-electron chi connectivity index (χ1n) is 9.36. The van der Waals surface area contributed by atoms with E-state index in [-0.39, 0.29) is 5.82 Å². The number of aryl methyl sites for hydroxylation is 1. The molecule has 0 aliphatic rings. The monoisotopic (exact) mass is 380 g/mol. The van der Waals surface area contributed by atoms with Crippen LogP contribution in [0.4, 0.5) is 4.39 Å². The van der Waals surface area contributed by atoms with Crippen LogP contribution in [-0.2, 0) is 13.0 Å². The Bertz CT molecular complexity index is 903. The zero-order valence-corrected chi connectivity index (χ0v) is 16.2. The zero-order valence-electron chi connectivity index (χ0n) is 16.2. The Balaban J connectivity index is 1.56. The van der Waals surface area contributed by atoms with E-state index < -0.39 is 0 Å². The van der Waals surface area contributed by atoms with Gasteiger partial charge in [-0.05, 0) is 55.2 Å². The molecule has 0 spiro atoms. The van der Waals surface area contributed by atoms with E-state index in [9.17, 15) is 4.39 Å². The van der Waals surface area contributed by atoms with Gasteiger partial charge in [0, 0.05) is 31.7 Å². The molecular weight excluding hydrogens is 355 g/mol. The van der Waals surface area contributed by atoms with Gasteiger partial charge in [-0.3, -0.25) is 4.57 Å². The molecule has 0 bridgehead atoms. The lowest BCUT2D eigenvalue weighted by Crippen LogP contribution is -2.38. The molecule has 28 heavy (non-hydrogen) atoms. The number of halogens is 1. The molecule has 0 amide bonds. The van der Waals surface area contributed by atoms with Crippen LogP contribution in [0.2, 0.25) is 0 Å². The SMILES string of the molecule is CCNC(=NCc1ccc(-n2ccnc2)nc1)NCCc1ccc(F)cc1C. The summed E-state index contributed by atoms with van der Waals surface area (Å²) in [7, 11) is 0. The molecule has 2 heterocycles. The molecule has 7 heteroatoms. The maximum Gasteiger partial charge on any atom is 0.191 e. The van der Waals surface area contributed by atoms with Gasteiger partial charge in [0.05, 0.1) is 6.54 Å². The molecule has 2 aromatic heterocycles. The van der Waals surface area contributed by atoms with E-state index >= 15 is 0 Å². The lowest BCUT2D eigenvalue weighted by Gasteiger charge is -2.12. The van der Waals surface area contributed by atoms with Crippen LogP contribution < -0.4 is 10.6 Å². The number of hydrogen-bond donors (Lipinski definition) is 2. The zero-order chi connectivity index (χ0) is 19.8. The van der Waals surface area contributed by atoms with Crippen molar-refractivity contribution < 1.29 is 4.39 Å². The van der Waals surface area contributed by atoms with E-state index in [1.54, 1.807) is 18.6 Å². The van der Waals surface area contributed by atoms with Crippen molar-refractivity contribution in [2.45, 2.75) is 26.8 Å². The fourth-order valence-corrected chi connectivity index (χ4v) is 2.83. The number of guanidine groups is 1. The Morgan fingerprint density at radius 3 is 2.79 bits per heavy atom. The van der Waals surface area contributed by atoms with Gasteiger partial charge in [0.25, 0.3) is 0 Å². The van der Waals surface area contributed by atoms with Gasteiger partial charge in [-0.2, -0.15) is 0 Å². The molecule has 3 rings (SSSR count). The smallest absolute Gasteiger partial charge is 0.191 e. The largest absolute Gasteiger partial charge is 0.357 e. The molecule has 0 radical (unpaired) electrons. The van der Waals surface area contributed by atoms with E-state index in [0.29, 0.717) is 6.54 Å². The summed E-state index contributed by atoms with van der Waals surface area (Å²) < 4.78 is 15.1. The summed E-state index contributed by atoms with van der Waals surface area (Å²) in [6.45, 7) is 5.98. The number of imidazole rings is 1. The maximum atomic E-state index is 13.2.